The highest BCUT2D eigenvalue weighted by atomic mass is 32.2. The van der Waals surface area contributed by atoms with E-state index < -0.39 is 27.7 Å². The molecule has 0 radical (unpaired) electrons. The molecule has 1 atom stereocenters. The van der Waals surface area contributed by atoms with Gasteiger partial charge in [-0.3, -0.25) is 15.6 Å². The molecule has 0 aromatic heterocycles. The van der Waals surface area contributed by atoms with Gasteiger partial charge in [0.05, 0.1) is 16.1 Å². The first-order valence-corrected chi connectivity index (χ1v) is 9.88. The average Bonchev–Trinajstić information content (AvgIpc) is 2.65. The van der Waals surface area contributed by atoms with E-state index in [-0.39, 0.29) is 22.2 Å². The summed E-state index contributed by atoms with van der Waals surface area (Å²) in [4.78, 5) is 12.1. The maximum atomic E-state index is 13.0. The Bertz CT molecular complexity index is 929. The van der Waals surface area contributed by atoms with Crippen LogP contribution >= 0.6 is 0 Å². The number of sulfonamides is 1. The van der Waals surface area contributed by atoms with Crippen molar-refractivity contribution in [3.05, 3.63) is 59.7 Å². The molecule has 10 heteroatoms. The normalized spacial score (nSPS) is 13.0. The van der Waals surface area contributed by atoms with Crippen LogP contribution in [0.4, 0.5) is 18.9 Å². The number of hydrogen-bond acceptors (Lipinski definition) is 4. The highest BCUT2D eigenvalue weighted by Crippen LogP contribution is 2.34. The lowest BCUT2D eigenvalue weighted by Crippen LogP contribution is -2.32. The number of halogens is 3. The van der Waals surface area contributed by atoms with E-state index in [4.69, 9.17) is 0 Å². The van der Waals surface area contributed by atoms with E-state index in [2.05, 4.69) is 15.6 Å². The lowest BCUT2D eigenvalue weighted by Gasteiger charge is -2.15. The zero-order valence-corrected chi connectivity index (χ0v) is 16.0. The summed E-state index contributed by atoms with van der Waals surface area (Å²) in [6.07, 6.45) is -3.96. The fourth-order valence-electron chi connectivity index (χ4n) is 2.24. The highest BCUT2D eigenvalue weighted by molar-refractivity contribution is 7.89. The molecule has 2 aromatic rings. The summed E-state index contributed by atoms with van der Waals surface area (Å²) in [5.74, 6) is -0.712. The summed E-state index contributed by atoms with van der Waals surface area (Å²) < 4.78 is 65.7. The van der Waals surface area contributed by atoms with Gasteiger partial charge in [-0.2, -0.15) is 13.2 Å². The van der Waals surface area contributed by atoms with Crippen LogP contribution in [0.3, 0.4) is 0 Å². The number of hydrogen-bond donors (Lipinski definition) is 3. The minimum absolute atomic E-state index is 0.0141. The summed E-state index contributed by atoms with van der Waals surface area (Å²) in [6, 6.07) is 9.52. The van der Waals surface area contributed by atoms with E-state index >= 15 is 0 Å². The van der Waals surface area contributed by atoms with Crippen molar-refractivity contribution >= 4 is 21.6 Å². The zero-order valence-electron chi connectivity index (χ0n) is 15.2. The molecule has 0 heterocycles. The maximum Gasteiger partial charge on any atom is 0.418 e. The van der Waals surface area contributed by atoms with Crippen LogP contribution in [-0.2, 0) is 16.2 Å². The average molecular weight is 415 g/mol. The second kappa shape index (κ2) is 8.61. The fourth-order valence-corrected chi connectivity index (χ4v) is 3.56. The quantitative estimate of drug-likeness (QED) is 0.604. The van der Waals surface area contributed by atoms with Crippen LogP contribution in [0.1, 0.15) is 36.2 Å². The van der Waals surface area contributed by atoms with Gasteiger partial charge < -0.3 is 0 Å². The molecule has 1 amide bonds. The van der Waals surface area contributed by atoms with Crippen LogP contribution in [0.25, 0.3) is 0 Å². The lowest BCUT2D eigenvalue weighted by atomic mass is 10.2. The highest BCUT2D eigenvalue weighted by Gasteiger charge is 2.33. The van der Waals surface area contributed by atoms with Gasteiger partial charge in [0, 0.05) is 11.6 Å². The number of nitrogens with one attached hydrogen (secondary N) is 3. The SMILES string of the molecule is CCC(C)NS(=O)(=O)c1ccc(C(=O)NNc2ccccc2C(F)(F)F)cc1. The van der Waals surface area contributed by atoms with E-state index in [0.717, 1.165) is 6.07 Å². The van der Waals surface area contributed by atoms with Crippen LogP contribution in [0, 0.1) is 0 Å². The molecule has 0 aliphatic carbocycles. The van der Waals surface area contributed by atoms with Gasteiger partial charge in [0.2, 0.25) is 10.0 Å². The Hall–Kier alpha value is -2.59. The van der Waals surface area contributed by atoms with Gasteiger partial charge in [-0.15, -0.1) is 0 Å². The first kappa shape index (κ1) is 21.7. The number of anilines is 1. The third-order valence-corrected chi connectivity index (χ3v) is 5.54. The molecule has 6 nitrogen and oxygen atoms in total. The Labute approximate surface area is 161 Å². The van der Waals surface area contributed by atoms with Crippen molar-refractivity contribution in [2.45, 2.75) is 37.4 Å². The maximum absolute atomic E-state index is 13.0. The molecule has 0 fully saturated rings. The molecule has 2 aromatic carbocycles. The van der Waals surface area contributed by atoms with Gasteiger partial charge in [0.1, 0.15) is 0 Å². The zero-order chi connectivity index (χ0) is 20.9. The molecule has 0 aliphatic heterocycles. The molecule has 152 valence electrons. The van der Waals surface area contributed by atoms with Crippen molar-refractivity contribution in [1.29, 1.82) is 0 Å². The monoisotopic (exact) mass is 415 g/mol. The number of para-hydroxylation sites is 1. The van der Waals surface area contributed by atoms with Crippen molar-refractivity contribution in [2.75, 3.05) is 5.43 Å². The Morgan fingerprint density at radius 1 is 1.07 bits per heavy atom. The van der Waals surface area contributed by atoms with Gasteiger partial charge >= 0.3 is 6.18 Å². The first-order valence-electron chi connectivity index (χ1n) is 8.39. The number of amides is 1. The second-order valence-corrected chi connectivity index (χ2v) is 7.79. The van der Waals surface area contributed by atoms with E-state index in [1.54, 1.807) is 6.92 Å². The van der Waals surface area contributed by atoms with Gasteiger partial charge in [0.15, 0.2) is 0 Å². The summed E-state index contributed by atoms with van der Waals surface area (Å²) in [7, 11) is -3.71. The summed E-state index contributed by atoms with van der Waals surface area (Å²) >= 11 is 0. The molecule has 2 rings (SSSR count). The van der Waals surface area contributed by atoms with Crippen LogP contribution in [0.2, 0.25) is 0 Å². The molecule has 0 bridgehead atoms. The topological polar surface area (TPSA) is 87.3 Å². The Kier molecular flexibility index (Phi) is 6.68. The Balaban J connectivity index is 2.09. The Morgan fingerprint density at radius 3 is 2.25 bits per heavy atom. The molecule has 0 spiro atoms. The third kappa shape index (κ3) is 5.46. The third-order valence-electron chi connectivity index (χ3n) is 3.94. The summed E-state index contributed by atoms with van der Waals surface area (Å²) in [5.41, 5.74) is 3.27. The smallest absolute Gasteiger partial charge is 0.298 e. The number of alkyl halides is 3. The summed E-state index contributed by atoms with van der Waals surface area (Å²) in [6.45, 7) is 3.56. The predicted molar refractivity (Wildman–Crippen MR) is 99.0 cm³/mol. The number of carbonyl (C=O) groups excluding carboxylic acids is 1. The van der Waals surface area contributed by atoms with Gasteiger partial charge in [0.25, 0.3) is 5.91 Å². The van der Waals surface area contributed by atoms with Crippen LogP contribution in [0.15, 0.2) is 53.4 Å². The van der Waals surface area contributed by atoms with Crippen LogP contribution in [-0.4, -0.2) is 20.4 Å². The fraction of sp³-hybridized carbons (Fsp3) is 0.278. The number of carbonyl (C=O) groups is 1. The molecule has 3 N–H and O–H groups in total. The lowest BCUT2D eigenvalue weighted by molar-refractivity contribution is -0.137. The van der Waals surface area contributed by atoms with Crippen molar-refractivity contribution in [3.8, 4) is 0 Å². The van der Waals surface area contributed by atoms with E-state index in [0.29, 0.717) is 6.42 Å². The van der Waals surface area contributed by atoms with Gasteiger partial charge in [-0.25, -0.2) is 13.1 Å². The molecule has 0 saturated heterocycles. The number of hydrazine groups is 1. The molecular formula is C18H20F3N3O3S. The van der Waals surface area contributed by atoms with Gasteiger partial charge in [-0.05, 0) is 49.7 Å². The standard InChI is InChI=1S/C18H20F3N3O3S/c1-3-12(2)24-28(26,27)14-10-8-13(9-11-14)17(25)23-22-16-7-5-4-6-15(16)18(19,20)21/h4-12,22,24H,3H2,1-2H3,(H,23,25). The molecular weight excluding hydrogens is 395 g/mol. The van der Waals surface area contributed by atoms with Crippen molar-refractivity contribution < 1.29 is 26.4 Å². The molecule has 0 saturated carbocycles. The van der Waals surface area contributed by atoms with E-state index in [1.165, 1.54) is 42.5 Å². The van der Waals surface area contributed by atoms with Crippen LogP contribution in [0.5, 0.6) is 0 Å². The molecule has 0 aliphatic rings. The van der Waals surface area contributed by atoms with E-state index in [9.17, 15) is 26.4 Å². The number of rotatable bonds is 7. The van der Waals surface area contributed by atoms with E-state index in [1.807, 2.05) is 6.92 Å². The predicted octanol–water partition coefficient (Wildman–Crippen LogP) is 3.54. The van der Waals surface area contributed by atoms with Crippen molar-refractivity contribution in [1.82, 2.24) is 10.1 Å². The second-order valence-electron chi connectivity index (χ2n) is 6.08. The largest absolute Gasteiger partial charge is 0.418 e. The summed E-state index contributed by atoms with van der Waals surface area (Å²) in [5, 5.41) is 0. The Morgan fingerprint density at radius 2 is 1.68 bits per heavy atom. The number of benzene rings is 2. The molecule has 28 heavy (non-hydrogen) atoms. The van der Waals surface area contributed by atoms with Crippen molar-refractivity contribution in [3.63, 3.8) is 0 Å². The molecule has 1 unspecified atom stereocenters. The van der Waals surface area contributed by atoms with Crippen LogP contribution < -0.4 is 15.6 Å². The van der Waals surface area contributed by atoms with Gasteiger partial charge in [-0.1, -0.05) is 19.1 Å². The van der Waals surface area contributed by atoms with Crippen molar-refractivity contribution in [2.24, 2.45) is 0 Å². The minimum atomic E-state index is -4.58. The first-order chi connectivity index (χ1) is 13.0. The minimum Gasteiger partial charge on any atom is -0.298 e.